The van der Waals surface area contributed by atoms with Crippen LogP contribution in [0.4, 0.5) is 0 Å². The number of rotatable bonds is 5. The Labute approximate surface area is 136 Å². The van der Waals surface area contributed by atoms with E-state index in [1.54, 1.807) is 0 Å². The molecule has 6 N–H and O–H groups in total. The molecule has 8 heteroatoms. The minimum atomic E-state index is -1.99. The largest absolute Gasteiger partial charge is 0.508 e. The standard InChI is InChI=1S/C16H16O8/c1-24-12-6-8(17)5-11(20)13(12)15(22)16(23)14(21)7-2-3-9(18)10(19)4-7/h2-6,14,16-21,23H,1H3. The lowest BCUT2D eigenvalue weighted by Gasteiger charge is -2.19. The summed E-state index contributed by atoms with van der Waals surface area (Å²) in [5.41, 5.74) is -0.437. The molecule has 24 heavy (non-hydrogen) atoms. The van der Waals surface area contributed by atoms with Gasteiger partial charge in [-0.25, -0.2) is 0 Å². The molecule has 0 aliphatic rings. The van der Waals surface area contributed by atoms with Crippen LogP contribution in [0.25, 0.3) is 0 Å². The summed E-state index contributed by atoms with van der Waals surface area (Å²) >= 11 is 0. The van der Waals surface area contributed by atoms with Crippen LogP contribution in [0, 0.1) is 0 Å². The molecule has 8 nitrogen and oxygen atoms in total. The summed E-state index contributed by atoms with van der Waals surface area (Å²) in [6, 6.07) is 5.25. The topological polar surface area (TPSA) is 148 Å². The van der Waals surface area contributed by atoms with Crippen molar-refractivity contribution in [2.75, 3.05) is 7.11 Å². The molecule has 128 valence electrons. The second-order valence-electron chi connectivity index (χ2n) is 5.04. The van der Waals surface area contributed by atoms with E-state index in [4.69, 9.17) is 4.74 Å². The third-order valence-corrected chi connectivity index (χ3v) is 3.44. The Kier molecular flexibility index (Phi) is 4.82. The second kappa shape index (κ2) is 6.65. The Hall–Kier alpha value is -2.97. The van der Waals surface area contributed by atoms with Crippen LogP contribution in [-0.4, -0.2) is 49.6 Å². The Morgan fingerprint density at radius 1 is 0.958 bits per heavy atom. The average molecular weight is 336 g/mol. The Morgan fingerprint density at radius 3 is 2.21 bits per heavy atom. The number of phenols is 4. The minimum Gasteiger partial charge on any atom is -0.508 e. The minimum absolute atomic E-state index is 0.0246. The van der Waals surface area contributed by atoms with Gasteiger partial charge in [0.25, 0.3) is 0 Å². The number of ether oxygens (including phenoxy) is 1. The molecule has 0 aromatic heterocycles. The number of ketones is 1. The third kappa shape index (κ3) is 3.19. The van der Waals surface area contributed by atoms with Crippen molar-refractivity contribution >= 4 is 5.78 Å². The van der Waals surface area contributed by atoms with Crippen molar-refractivity contribution in [2.45, 2.75) is 12.2 Å². The fraction of sp³-hybridized carbons (Fsp3) is 0.188. The van der Waals surface area contributed by atoms with E-state index in [1.165, 1.54) is 13.2 Å². The van der Waals surface area contributed by atoms with Crippen molar-refractivity contribution in [2.24, 2.45) is 0 Å². The second-order valence-corrected chi connectivity index (χ2v) is 5.04. The highest BCUT2D eigenvalue weighted by molar-refractivity contribution is 6.04. The Bertz CT molecular complexity index is 771. The zero-order valence-electron chi connectivity index (χ0n) is 12.5. The Balaban J connectivity index is 2.37. The summed E-state index contributed by atoms with van der Waals surface area (Å²) < 4.78 is 4.89. The number of hydrogen-bond donors (Lipinski definition) is 6. The lowest BCUT2D eigenvalue weighted by atomic mass is 9.95. The van der Waals surface area contributed by atoms with E-state index in [2.05, 4.69) is 0 Å². The van der Waals surface area contributed by atoms with Crippen LogP contribution in [0.15, 0.2) is 30.3 Å². The molecule has 2 rings (SSSR count). The predicted octanol–water partition coefficient (Wildman–Crippen LogP) is 0.795. The number of benzene rings is 2. The molecule has 2 aromatic rings. The van der Waals surface area contributed by atoms with E-state index < -0.39 is 40.8 Å². The van der Waals surface area contributed by atoms with E-state index in [1.807, 2.05) is 0 Å². The van der Waals surface area contributed by atoms with E-state index in [9.17, 15) is 35.4 Å². The fourth-order valence-electron chi connectivity index (χ4n) is 2.19. The molecule has 2 atom stereocenters. The van der Waals surface area contributed by atoms with Crippen molar-refractivity contribution in [1.82, 2.24) is 0 Å². The van der Waals surface area contributed by atoms with Gasteiger partial charge in [-0.2, -0.15) is 0 Å². The van der Waals surface area contributed by atoms with Gasteiger partial charge in [-0.3, -0.25) is 4.79 Å². The van der Waals surface area contributed by atoms with Gasteiger partial charge in [-0.15, -0.1) is 0 Å². The number of methoxy groups -OCH3 is 1. The lowest BCUT2D eigenvalue weighted by molar-refractivity contribution is 0.0199. The number of Topliss-reactive ketones (excluding diaryl/α,β-unsaturated/α-hetero) is 1. The highest BCUT2D eigenvalue weighted by atomic mass is 16.5. The molecule has 2 unspecified atom stereocenters. The zero-order chi connectivity index (χ0) is 18.0. The van der Waals surface area contributed by atoms with Crippen molar-refractivity contribution in [3.8, 4) is 28.7 Å². The molecule has 2 aromatic carbocycles. The number of phenolic OH excluding ortho intramolecular Hbond substituents is 4. The maximum absolute atomic E-state index is 12.4. The van der Waals surface area contributed by atoms with Gasteiger partial charge < -0.3 is 35.4 Å². The van der Waals surface area contributed by atoms with Crippen molar-refractivity contribution in [1.29, 1.82) is 0 Å². The van der Waals surface area contributed by atoms with Crippen molar-refractivity contribution in [3.63, 3.8) is 0 Å². The van der Waals surface area contributed by atoms with Gasteiger partial charge in [0.15, 0.2) is 11.5 Å². The SMILES string of the molecule is COc1cc(O)cc(O)c1C(=O)C(O)C(O)c1ccc(O)c(O)c1. The summed E-state index contributed by atoms with van der Waals surface area (Å²) in [5, 5.41) is 58.1. The summed E-state index contributed by atoms with van der Waals surface area (Å²) in [5.74, 6) is -3.17. The van der Waals surface area contributed by atoms with Gasteiger partial charge in [-0.1, -0.05) is 6.07 Å². The first-order valence-electron chi connectivity index (χ1n) is 6.78. The van der Waals surface area contributed by atoms with Crippen LogP contribution >= 0.6 is 0 Å². The number of aromatic hydroxyl groups is 4. The zero-order valence-corrected chi connectivity index (χ0v) is 12.5. The summed E-state index contributed by atoms with van der Waals surface area (Å²) in [6.45, 7) is 0. The highest BCUT2D eigenvalue weighted by Gasteiger charge is 2.31. The molecule has 0 aliphatic carbocycles. The van der Waals surface area contributed by atoms with Gasteiger partial charge in [-0.05, 0) is 17.7 Å². The molecule has 0 spiro atoms. The molecular formula is C16H16O8. The molecule has 0 heterocycles. The van der Waals surface area contributed by atoms with Gasteiger partial charge in [0.1, 0.15) is 35.0 Å². The molecular weight excluding hydrogens is 320 g/mol. The third-order valence-electron chi connectivity index (χ3n) is 3.44. The summed E-state index contributed by atoms with van der Waals surface area (Å²) in [4.78, 5) is 12.4. The quantitative estimate of drug-likeness (QED) is 0.347. The Morgan fingerprint density at radius 2 is 1.62 bits per heavy atom. The van der Waals surface area contributed by atoms with E-state index in [0.29, 0.717) is 0 Å². The first-order chi connectivity index (χ1) is 11.3. The predicted molar refractivity (Wildman–Crippen MR) is 81.4 cm³/mol. The number of carbonyl (C=O) groups excluding carboxylic acids is 1. The monoisotopic (exact) mass is 336 g/mol. The van der Waals surface area contributed by atoms with Gasteiger partial charge in [0.2, 0.25) is 5.78 Å². The molecule has 0 saturated carbocycles. The first-order valence-corrected chi connectivity index (χ1v) is 6.78. The molecule has 0 radical (unpaired) electrons. The number of carbonyl (C=O) groups is 1. The van der Waals surface area contributed by atoms with Crippen LogP contribution in [0.1, 0.15) is 22.0 Å². The molecule has 0 aliphatic heterocycles. The molecule has 0 amide bonds. The number of hydrogen-bond acceptors (Lipinski definition) is 8. The fourth-order valence-corrected chi connectivity index (χ4v) is 2.19. The van der Waals surface area contributed by atoms with Crippen molar-refractivity contribution in [3.05, 3.63) is 41.5 Å². The molecule has 0 bridgehead atoms. The van der Waals surface area contributed by atoms with Crippen LogP contribution in [0.2, 0.25) is 0 Å². The number of aliphatic hydroxyl groups excluding tert-OH is 2. The normalized spacial score (nSPS) is 13.3. The smallest absolute Gasteiger partial charge is 0.201 e. The van der Waals surface area contributed by atoms with E-state index >= 15 is 0 Å². The van der Waals surface area contributed by atoms with Crippen LogP contribution in [-0.2, 0) is 0 Å². The van der Waals surface area contributed by atoms with Gasteiger partial charge in [0.05, 0.1) is 7.11 Å². The number of aliphatic hydroxyl groups is 2. The summed E-state index contributed by atoms with van der Waals surface area (Å²) in [6.07, 6.45) is -3.72. The molecule has 0 saturated heterocycles. The lowest BCUT2D eigenvalue weighted by Crippen LogP contribution is -2.28. The van der Waals surface area contributed by atoms with Crippen LogP contribution in [0.3, 0.4) is 0 Å². The first kappa shape index (κ1) is 17.4. The highest BCUT2D eigenvalue weighted by Crippen LogP contribution is 2.36. The van der Waals surface area contributed by atoms with Crippen LogP contribution in [0.5, 0.6) is 28.7 Å². The van der Waals surface area contributed by atoms with Crippen molar-refractivity contribution < 1.29 is 40.2 Å². The van der Waals surface area contributed by atoms with E-state index in [-0.39, 0.29) is 17.1 Å². The van der Waals surface area contributed by atoms with E-state index in [0.717, 1.165) is 24.3 Å². The maximum atomic E-state index is 12.4. The molecule has 0 fully saturated rings. The average Bonchev–Trinajstić information content (AvgIpc) is 2.54. The van der Waals surface area contributed by atoms with Crippen LogP contribution < -0.4 is 4.74 Å². The maximum Gasteiger partial charge on any atom is 0.201 e. The summed E-state index contributed by atoms with van der Waals surface area (Å²) in [7, 11) is 1.20. The van der Waals surface area contributed by atoms with Gasteiger partial charge >= 0.3 is 0 Å². The van der Waals surface area contributed by atoms with Gasteiger partial charge in [0, 0.05) is 12.1 Å².